The van der Waals surface area contributed by atoms with Crippen LogP contribution < -0.4 is 0 Å². The molecule has 0 saturated heterocycles. The molecule has 0 radical (unpaired) electrons. The number of hydrogen-bond donors (Lipinski definition) is 0. The van der Waals surface area contributed by atoms with Crippen LogP contribution in [0.25, 0.3) is 0 Å². The molecule has 0 N–H and O–H groups in total. The third-order valence-electron chi connectivity index (χ3n) is 1.41. The van der Waals surface area contributed by atoms with Gasteiger partial charge in [-0.1, -0.05) is 84.5 Å². The zero-order valence-corrected chi connectivity index (χ0v) is 9.49. The van der Waals surface area contributed by atoms with E-state index in [1.807, 2.05) is 0 Å². The Morgan fingerprint density at radius 3 is 0.462 bits per heavy atom. The predicted octanol–water partition coefficient (Wildman–Crippen LogP) is 5.32. The predicted molar refractivity (Wildman–Crippen MR) is 62.1 cm³/mol. The highest BCUT2D eigenvalue weighted by atomic mass is 14.0. The highest BCUT2D eigenvalue weighted by molar-refractivity contribution is 4.51. The van der Waals surface area contributed by atoms with Crippen molar-refractivity contribution in [2.45, 2.75) is 84.5 Å². The Bertz CT molecular complexity index is 48.2. The second-order valence-corrected chi connectivity index (χ2v) is 4.24. The summed E-state index contributed by atoms with van der Waals surface area (Å²) >= 11 is 0. The summed E-state index contributed by atoms with van der Waals surface area (Å²) in [5.41, 5.74) is 0. The summed E-state index contributed by atoms with van der Waals surface area (Å²) in [4.78, 5) is 0. The van der Waals surface area contributed by atoms with E-state index < -0.39 is 0 Å². The van der Waals surface area contributed by atoms with Gasteiger partial charge in [0.05, 0.1) is 0 Å². The minimum absolute atomic E-state index is 1.25. The summed E-state index contributed by atoms with van der Waals surface area (Å²) in [5.74, 6) is 0. The standard InChI is InChI=1S/4C3H6.CH4/c4*1-2-3-1;/h4*1-3H2;1H4/i;;;;1T. The minimum atomic E-state index is 1.25. The van der Waals surface area contributed by atoms with Crippen molar-refractivity contribution in [3.05, 3.63) is 0 Å². The van der Waals surface area contributed by atoms with E-state index in [9.17, 15) is 0 Å². The molecule has 0 heteroatoms. The van der Waals surface area contributed by atoms with Crippen molar-refractivity contribution >= 4 is 0 Å². The molecule has 0 unspecified atom stereocenters. The van der Waals surface area contributed by atoms with Crippen LogP contribution in [-0.2, 0) is 0 Å². The molecule has 4 aliphatic rings. The van der Waals surface area contributed by atoms with Crippen LogP contribution in [0, 0.1) is 0 Å². The fraction of sp³-hybridized carbons (Fsp3) is 1.00. The third-order valence-corrected chi connectivity index (χ3v) is 1.41. The Morgan fingerprint density at radius 1 is 0.385 bits per heavy atom. The molecule has 0 aromatic heterocycles. The van der Waals surface area contributed by atoms with Gasteiger partial charge in [0.15, 0.2) is 0 Å². The maximum absolute atomic E-state index is 5.75. The van der Waals surface area contributed by atoms with Crippen molar-refractivity contribution in [1.82, 2.24) is 0 Å². The fourth-order valence-corrected chi connectivity index (χ4v) is 0. The monoisotopic (exact) mass is 186 g/mol. The lowest BCUT2D eigenvalue weighted by Gasteiger charge is -1.05. The van der Waals surface area contributed by atoms with Crippen molar-refractivity contribution in [2.75, 3.05) is 0 Å². The molecule has 0 heterocycles. The van der Waals surface area contributed by atoms with Gasteiger partial charge in [-0.2, -0.15) is 0 Å². The van der Waals surface area contributed by atoms with Crippen LogP contribution in [0.4, 0.5) is 0 Å². The summed E-state index contributed by atoms with van der Waals surface area (Å²) in [7, 11) is 1.25. The van der Waals surface area contributed by atoms with Crippen LogP contribution in [0.15, 0.2) is 0 Å². The summed E-state index contributed by atoms with van der Waals surface area (Å²) in [5, 5.41) is 0. The van der Waals surface area contributed by atoms with E-state index in [-0.39, 0.29) is 0 Å². The number of hydrogen-bond acceptors (Lipinski definition) is 0. The Labute approximate surface area is 86.5 Å². The maximum Gasteiger partial charge on any atom is 0.0194 e. The first kappa shape index (κ1) is 11.1. The minimum Gasteiger partial charge on any atom is -0.0776 e. The van der Waals surface area contributed by atoms with Gasteiger partial charge < -0.3 is 0 Å². The van der Waals surface area contributed by atoms with Crippen molar-refractivity contribution < 1.29 is 1.37 Å². The van der Waals surface area contributed by atoms with E-state index in [4.69, 9.17) is 1.37 Å². The van der Waals surface area contributed by atoms with Crippen LogP contribution in [-0.4, -0.2) is 0 Å². The molecule has 0 atom stereocenters. The lowest BCUT2D eigenvalue weighted by molar-refractivity contribution is 1.50. The fourth-order valence-electron chi connectivity index (χ4n) is 0. The smallest absolute Gasteiger partial charge is 0.0194 e. The average molecular weight is 186 g/mol. The van der Waals surface area contributed by atoms with Gasteiger partial charge in [-0.05, 0) is 0 Å². The second-order valence-electron chi connectivity index (χ2n) is 4.24. The Morgan fingerprint density at radius 2 is 0.462 bits per heavy atom. The van der Waals surface area contributed by atoms with Crippen LogP contribution in [0.1, 0.15) is 85.8 Å². The molecule has 4 rings (SSSR count). The molecule has 0 bridgehead atoms. The van der Waals surface area contributed by atoms with E-state index in [2.05, 4.69) is 0 Å². The summed E-state index contributed by atoms with van der Waals surface area (Å²) in [6, 6.07) is 0. The zero-order valence-electron chi connectivity index (χ0n) is 10.5. The lowest BCUT2D eigenvalue weighted by atomic mass is 11.0. The largest absolute Gasteiger partial charge is 0.0776 e. The van der Waals surface area contributed by atoms with Crippen LogP contribution in [0.3, 0.4) is 0 Å². The summed E-state index contributed by atoms with van der Waals surface area (Å²) in [6.07, 6.45) is 18.0. The third kappa shape index (κ3) is 75.0. The van der Waals surface area contributed by atoms with E-state index in [1.165, 1.54) is 84.5 Å². The Balaban J connectivity index is 0.000000153. The SMILES string of the molecule is C1CC1.C1CC1.C1CC1.C1CC1.[3H]C. The Kier molecular flexibility index (Phi) is 8.59. The number of rotatable bonds is 0. The molecule has 4 aliphatic carbocycles. The molecule has 0 amide bonds. The van der Waals surface area contributed by atoms with Gasteiger partial charge in [-0.15, -0.1) is 0 Å². The Hall–Kier alpha value is 0. The van der Waals surface area contributed by atoms with Gasteiger partial charge >= 0.3 is 0 Å². The average Bonchev–Trinajstić information content (AvgIpc) is 3.10. The van der Waals surface area contributed by atoms with E-state index >= 15 is 0 Å². The highest BCUT2D eigenvalue weighted by Gasteiger charge is 1.96. The molecule has 0 spiro atoms. The van der Waals surface area contributed by atoms with Crippen LogP contribution in [0.2, 0.25) is 0 Å². The van der Waals surface area contributed by atoms with Crippen molar-refractivity contribution in [2.24, 2.45) is 0 Å². The quantitative estimate of drug-likeness (QED) is 0.480. The molecule has 0 nitrogen and oxygen atoms in total. The van der Waals surface area contributed by atoms with Gasteiger partial charge in [-0.3, -0.25) is 0 Å². The van der Waals surface area contributed by atoms with E-state index in [0.29, 0.717) is 0 Å². The topological polar surface area (TPSA) is 0 Å². The first-order chi connectivity index (χ1) is 7.00. The second kappa shape index (κ2) is 10.1. The lowest BCUT2D eigenvalue weighted by Crippen LogP contribution is -0.856. The molecular weight excluding hydrogens is 156 g/mol. The maximum atomic E-state index is 5.75. The molecule has 4 fully saturated rings. The molecule has 13 heavy (non-hydrogen) atoms. The van der Waals surface area contributed by atoms with Gasteiger partial charge in [0.25, 0.3) is 0 Å². The summed E-state index contributed by atoms with van der Waals surface area (Å²) < 4.78 is 5.75. The molecular formula is C13H28. The zero-order chi connectivity index (χ0) is 10.5. The van der Waals surface area contributed by atoms with Crippen LogP contribution >= 0.6 is 0 Å². The highest BCUT2D eigenvalue weighted by Crippen LogP contribution is 2.15. The first-order valence-corrected chi connectivity index (χ1v) is 6.00. The van der Waals surface area contributed by atoms with Gasteiger partial charge in [0.2, 0.25) is 0 Å². The van der Waals surface area contributed by atoms with Crippen LogP contribution in [0.5, 0.6) is 0 Å². The van der Waals surface area contributed by atoms with Gasteiger partial charge in [0.1, 0.15) is 0 Å². The van der Waals surface area contributed by atoms with Crippen molar-refractivity contribution in [3.8, 4) is 0 Å². The molecule has 4 saturated carbocycles. The first-order valence-electron chi connectivity index (χ1n) is 7.00. The molecule has 80 valence electrons. The van der Waals surface area contributed by atoms with Crippen molar-refractivity contribution in [3.63, 3.8) is 0 Å². The van der Waals surface area contributed by atoms with E-state index in [0.717, 1.165) is 0 Å². The van der Waals surface area contributed by atoms with Gasteiger partial charge in [0, 0.05) is 1.37 Å². The molecule has 0 aliphatic heterocycles. The van der Waals surface area contributed by atoms with E-state index in [1.54, 1.807) is 0 Å². The van der Waals surface area contributed by atoms with Crippen molar-refractivity contribution in [1.29, 1.82) is 0 Å². The summed E-state index contributed by atoms with van der Waals surface area (Å²) in [6.45, 7) is 0. The molecule has 0 aromatic carbocycles. The van der Waals surface area contributed by atoms with Gasteiger partial charge in [-0.25, -0.2) is 0 Å². The normalized spacial score (nSPS) is 22.7. The molecule has 0 aromatic rings.